The van der Waals surface area contributed by atoms with Gasteiger partial charge in [-0.2, -0.15) is 0 Å². The second-order valence-electron chi connectivity index (χ2n) is 4.17. The highest BCUT2D eigenvalue weighted by Gasteiger charge is 2.19. The molecule has 0 unspecified atom stereocenters. The van der Waals surface area contributed by atoms with Gasteiger partial charge >= 0.3 is 0 Å². The van der Waals surface area contributed by atoms with Crippen molar-refractivity contribution in [1.82, 2.24) is 15.0 Å². The van der Waals surface area contributed by atoms with Gasteiger partial charge in [-0.05, 0) is 18.6 Å². The molecule has 0 saturated carbocycles. The molecule has 0 aromatic carbocycles. The summed E-state index contributed by atoms with van der Waals surface area (Å²) in [6, 6.07) is 3.77. The largest absolute Gasteiger partial charge is 0.301 e. The number of nitrogens with zero attached hydrogens (tertiary/aromatic N) is 3. The molecule has 2 aromatic rings. The van der Waals surface area contributed by atoms with Crippen molar-refractivity contribution >= 4 is 23.3 Å². The van der Waals surface area contributed by atoms with Gasteiger partial charge in [0.15, 0.2) is 11.0 Å². The van der Waals surface area contributed by atoms with Crippen molar-refractivity contribution in [2.24, 2.45) is 4.99 Å². The lowest BCUT2D eigenvalue weighted by Gasteiger charge is -2.01. The Kier molecular flexibility index (Phi) is 3.16. The predicted octanol–water partition coefficient (Wildman–Crippen LogP) is 2.35. The molecule has 5 nitrogen and oxygen atoms in total. The first-order valence-corrected chi connectivity index (χ1v) is 6.85. The molecule has 1 N–H and O–H groups in total. The van der Waals surface area contributed by atoms with E-state index in [0.29, 0.717) is 23.0 Å². The van der Waals surface area contributed by atoms with E-state index < -0.39 is 0 Å². The van der Waals surface area contributed by atoms with Crippen LogP contribution in [0.1, 0.15) is 18.9 Å². The van der Waals surface area contributed by atoms with Crippen molar-refractivity contribution in [1.29, 1.82) is 0 Å². The number of hydrogen-bond acceptors (Lipinski definition) is 5. The molecule has 96 valence electrons. The molecule has 6 heteroatoms. The second-order valence-corrected chi connectivity index (χ2v) is 5.23. The van der Waals surface area contributed by atoms with E-state index in [1.807, 2.05) is 19.1 Å². The number of aliphatic imine (C=N–C) groups is 1. The average Bonchev–Trinajstić information content (AvgIpc) is 2.83. The molecule has 0 atom stereocenters. The van der Waals surface area contributed by atoms with E-state index in [1.54, 1.807) is 12.4 Å². The van der Waals surface area contributed by atoms with Crippen LogP contribution in [-0.4, -0.2) is 20.7 Å². The van der Waals surface area contributed by atoms with Gasteiger partial charge < -0.3 is 4.98 Å². The van der Waals surface area contributed by atoms with Gasteiger partial charge in [-0.3, -0.25) is 9.78 Å². The first-order valence-electron chi connectivity index (χ1n) is 6.03. The van der Waals surface area contributed by atoms with E-state index >= 15 is 0 Å². The van der Waals surface area contributed by atoms with Crippen LogP contribution in [0.25, 0.3) is 0 Å². The van der Waals surface area contributed by atoms with E-state index in [2.05, 4.69) is 19.9 Å². The summed E-state index contributed by atoms with van der Waals surface area (Å²) < 4.78 is 0. The number of aromatic nitrogens is 3. The van der Waals surface area contributed by atoms with Crippen LogP contribution in [0.2, 0.25) is 0 Å². The maximum absolute atomic E-state index is 12.0. The summed E-state index contributed by atoms with van der Waals surface area (Å²) in [5, 5.41) is 0.554. The monoisotopic (exact) mass is 272 g/mol. The quantitative estimate of drug-likeness (QED) is 0.871. The molecule has 19 heavy (non-hydrogen) atoms. The maximum Gasteiger partial charge on any atom is 0.257 e. The highest BCUT2D eigenvalue weighted by molar-refractivity contribution is 7.99. The number of fused-ring (bicyclic) bond motifs is 1. The molecule has 2 aromatic heterocycles. The standard InChI is InChI=1S/C13H12N4OS/c1-2-8-6-10-11(15-8)16-13(17-12(10)18)19-9-4-3-5-14-7-9/h3-5,7H,2,6H2,1H3,(H,16,17,18). The van der Waals surface area contributed by atoms with E-state index in [0.717, 1.165) is 17.0 Å². The van der Waals surface area contributed by atoms with Crippen LogP contribution in [0.3, 0.4) is 0 Å². The molecule has 0 fully saturated rings. The van der Waals surface area contributed by atoms with Crippen LogP contribution in [0.15, 0.2) is 44.4 Å². The molecule has 0 bridgehead atoms. The van der Waals surface area contributed by atoms with E-state index in [-0.39, 0.29) is 5.56 Å². The second kappa shape index (κ2) is 4.97. The summed E-state index contributed by atoms with van der Waals surface area (Å²) in [5.41, 5.74) is 1.59. The fourth-order valence-corrected chi connectivity index (χ4v) is 2.64. The number of pyridine rings is 1. The topological polar surface area (TPSA) is 71.0 Å². The van der Waals surface area contributed by atoms with Crippen molar-refractivity contribution in [3.8, 4) is 0 Å². The molecule has 0 radical (unpaired) electrons. The third kappa shape index (κ3) is 2.44. The number of nitrogens with one attached hydrogen (secondary N) is 1. The maximum atomic E-state index is 12.0. The molecule has 1 aliphatic rings. The van der Waals surface area contributed by atoms with Gasteiger partial charge in [0.1, 0.15) is 0 Å². The number of hydrogen-bond donors (Lipinski definition) is 1. The lowest BCUT2D eigenvalue weighted by atomic mass is 10.1. The van der Waals surface area contributed by atoms with Crippen molar-refractivity contribution in [3.63, 3.8) is 0 Å². The van der Waals surface area contributed by atoms with Crippen LogP contribution < -0.4 is 5.56 Å². The number of H-pyrrole nitrogens is 1. The number of rotatable bonds is 3. The summed E-state index contributed by atoms with van der Waals surface area (Å²) in [5.74, 6) is 0.562. The molecule has 3 rings (SSSR count). The molecule has 3 heterocycles. The Morgan fingerprint density at radius 1 is 1.47 bits per heavy atom. The van der Waals surface area contributed by atoms with E-state index in [4.69, 9.17) is 0 Å². The molecule has 0 spiro atoms. The molecule has 0 saturated heterocycles. The van der Waals surface area contributed by atoms with Crippen molar-refractivity contribution in [3.05, 3.63) is 40.4 Å². The third-order valence-corrected chi connectivity index (χ3v) is 3.74. The molecule has 0 amide bonds. The zero-order valence-corrected chi connectivity index (χ0v) is 11.2. The Bertz CT molecular complexity index is 694. The van der Waals surface area contributed by atoms with Gasteiger partial charge in [0.2, 0.25) is 0 Å². The van der Waals surface area contributed by atoms with Crippen molar-refractivity contribution in [2.45, 2.75) is 29.8 Å². The summed E-state index contributed by atoms with van der Waals surface area (Å²) in [6.07, 6.45) is 4.91. The van der Waals surface area contributed by atoms with Crippen LogP contribution >= 0.6 is 11.8 Å². The smallest absolute Gasteiger partial charge is 0.257 e. The summed E-state index contributed by atoms with van der Waals surface area (Å²) >= 11 is 1.38. The average molecular weight is 272 g/mol. The predicted molar refractivity (Wildman–Crippen MR) is 74.3 cm³/mol. The van der Waals surface area contributed by atoms with Crippen LogP contribution in [-0.2, 0) is 6.42 Å². The minimum Gasteiger partial charge on any atom is -0.301 e. The highest BCUT2D eigenvalue weighted by atomic mass is 32.2. The van der Waals surface area contributed by atoms with E-state index in [1.165, 1.54) is 11.8 Å². The minimum absolute atomic E-state index is 0.0939. The normalized spacial score (nSPS) is 13.2. The van der Waals surface area contributed by atoms with Gasteiger partial charge in [-0.1, -0.05) is 18.7 Å². The van der Waals surface area contributed by atoms with Gasteiger partial charge in [-0.15, -0.1) is 0 Å². The van der Waals surface area contributed by atoms with Gasteiger partial charge in [0, 0.05) is 29.4 Å². The molecular formula is C13H12N4OS. The Morgan fingerprint density at radius 2 is 2.37 bits per heavy atom. The first-order chi connectivity index (χ1) is 9.26. The van der Waals surface area contributed by atoms with E-state index in [9.17, 15) is 4.79 Å². The highest BCUT2D eigenvalue weighted by Crippen LogP contribution is 2.27. The summed E-state index contributed by atoms with van der Waals surface area (Å²) in [6.45, 7) is 2.03. The molecule has 0 aliphatic carbocycles. The van der Waals surface area contributed by atoms with Gasteiger partial charge in [-0.25, -0.2) is 9.98 Å². The fourth-order valence-electron chi connectivity index (χ4n) is 1.88. The van der Waals surface area contributed by atoms with Crippen LogP contribution in [0.4, 0.5) is 5.82 Å². The fraction of sp³-hybridized carbons (Fsp3) is 0.231. The first kappa shape index (κ1) is 12.1. The SMILES string of the molecule is CCC1=Nc2nc(Sc3cccnc3)[nH]c(=O)c2C1. The van der Waals surface area contributed by atoms with Gasteiger partial charge in [0.25, 0.3) is 5.56 Å². The zero-order valence-electron chi connectivity index (χ0n) is 10.4. The Hall–Kier alpha value is -1.95. The van der Waals surface area contributed by atoms with Crippen molar-refractivity contribution in [2.75, 3.05) is 0 Å². The summed E-state index contributed by atoms with van der Waals surface area (Å²) in [7, 11) is 0. The Balaban J connectivity index is 1.95. The van der Waals surface area contributed by atoms with Gasteiger partial charge in [0.05, 0.1) is 5.56 Å². The lowest BCUT2D eigenvalue weighted by molar-refractivity contribution is 0.919. The third-order valence-electron chi connectivity index (χ3n) is 2.87. The summed E-state index contributed by atoms with van der Waals surface area (Å²) in [4.78, 5) is 28.5. The molecular weight excluding hydrogens is 260 g/mol. The molecule has 1 aliphatic heterocycles. The van der Waals surface area contributed by atoms with Crippen molar-refractivity contribution < 1.29 is 0 Å². The van der Waals surface area contributed by atoms with Crippen LogP contribution in [0, 0.1) is 0 Å². The minimum atomic E-state index is -0.0939. The van der Waals surface area contributed by atoms with Crippen LogP contribution in [0.5, 0.6) is 0 Å². The zero-order chi connectivity index (χ0) is 13.2. The number of aromatic amines is 1. The lowest BCUT2D eigenvalue weighted by Crippen LogP contribution is -2.14. The Morgan fingerprint density at radius 3 is 3.11 bits per heavy atom. The Labute approximate surface area is 114 Å².